The van der Waals surface area contributed by atoms with E-state index in [1.807, 2.05) is 24.3 Å². The summed E-state index contributed by atoms with van der Waals surface area (Å²) < 4.78 is 40.2. The highest BCUT2D eigenvalue weighted by Crippen LogP contribution is 2.34. The summed E-state index contributed by atoms with van der Waals surface area (Å²) in [4.78, 5) is 29.4. The van der Waals surface area contributed by atoms with E-state index in [2.05, 4.69) is 13.8 Å². The van der Waals surface area contributed by atoms with E-state index >= 15 is 0 Å². The van der Waals surface area contributed by atoms with E-state index in [0.29, 0.717) is 12.5 Å². The molecule has 2 amide bonds. The van der Waals surface area contributed by atoms with Gasteiger partial charge in [-0.15, -0.1) is 0 Å². The van der Waals surface area contributed by atoms with Gasteiger partial charge in [0.2, 0.25) is 21.8 Å². The van der Waals surface area contributed by atoms with Crippen molar-refractivity contribution < 1.29 is 22.4 Å². The number of sulfonamides is 1. The molecule has 0 bridgehead atoms. The Labute approximate surface area is 200 Å². The van der Waals surface area contributed by atoms with Crippen LogP contribution in [0.4, 0.5) is 10.1 Å². The lowest BCUT2D eigenvalue weighted by atomic mass is 9.96. The van der Waals surface area contributed by atoms with Crippen molar-refractivity contribution in [1.82, 2.24) is 9.21 Å². The van der Waals surface area contributed by atoms with Crippen LogP contribution in [0.3, 0.4) is 0 Å². The molecular weight excluding hydrogens is 457 g/mol. The molecule has 2 aliphatic rings. The summed E-state index contributed by atoms with van der Waals surface area (Å²) in [5.41, 5.74) is 1.97. The third kappa shape index (κ3) is 4.72. The molecule has 2 aliphatic heterocycles. The lowest BCUT2D eigenvalue weighted by Gasteiger charge is -2.35. The zero-order chi connectivity index (χ0) is 24.5. The molecule has 0 N–H and O–H groups in total. The topological polar surface area (TPSA) is 78.0 Å². The van der Waals surface area contributed by atoms with Crippen LogP contribution in [0.15, 0.2) is 53.4 Å². The Morgan fingerprint density at radius 1 is 1.06 bits per heavy atom. The van der Waals surface area contributed by atoms with E-state index < -0.39 is 21.8 Å². The second-order valence-electron chi connectivity index (χ2n) is 8.96. The van der Waals surface area contributed by atoms with Gasteiger partial charge in [0.15, 0.2) is 0 Å². The maximum Gasteiger partial charge on any atom is 0.243 e. The minimum atomic E-state index is -3.75. The highest BCUT2D eigenvalue weighted by atomic mass is 32.2. The predicted octanol–water partition coefficient (Wildman–Crippen LogP) is 3.23. The molecule has 34 heavy (non-hydrogen) atoms. The van der Waals surface area contributed by atoms with E-state index in [1.165, 1.54) is 16.4 Å². The largest absolute Gasteiger partial charge is 0.340 e. The summed E-state index contributed by atoms with van der Waals surface area (Å²) in [6.45, 7) is 5.40. The van der Waals surface area contributed by atoms with Crippen LogP contribution in [0.5, 0.6) is 0 Å². The Kier molecular flexibility index (Phi) is 7.04. The monoisotopic (exact) mass is 487 g/mol. The molecule has 0 spiro atoms. The first-order valence-corrected chi connectivity index (χ1v) is 13.1. The zero-order valence-corrected chi connectivity index (χ0v) is 20.3. The van der Waals surface area contributed by atoms with Gasteiger partial charge in [-0.25, -0.2) is 12.8 Å². The third-order valence-electron chi connectivity index (χ3n) is 6.85. The number of anilines is 1. The van der Waals surface area contributed by atoms with Gasteiger partial charge >= 0.3 is 0 Å². The molecule has 0 aliphatic carbocycles. The molecule has 0 radical (unpaired) electrons. The molecule has 9 heteroatoms. The Balaban J connectivity index is 1.41. The summed E-state index contributed by atoms with van der Waals surface area (Å²) in [6.07, 6.45) is 1.11. The highest BCUT2D eigenvalue weighted by Gasteiger charge is 2.39. The summed E-state index contributed by atoms with van der Waals surface area (Å²) in [7, 11) is -3.75. The molecule has 182 valence electrons. The first kappa shape index (κ1) is 24.3. The van der Waals surface area contributed by atoms with Crippen molar-refractivity contribution in [3.05, 3.63) is 59.9 Å². The van der Waals surface area contributed by atoms with Crippen LogP contribution in [0.1, 0.15) is 38.2 Å². The van der Waals surface area contributed by atoms with Crippen molar-refractivity contribution >= 4 is 27.5 Å². The molecular formula is C25H30FN3O4S. The van der Waals surface area contributed by atoms with Crippen LogP contribution in [0.25, 0.3) is 0 Å². The number of hydrogen-bond donors (Lipinski definition) is 0. The maximum absolute atomic E-state index is 13.2. The number of hydrogen-bond acceptors (Lipinski definition) is 4. The van der Waals surface area contributed by atoms with Crippen molar-refractivity contribution in [2.24, 2.45) is 5.92 Å². The molecule has 2 heterocycles. The summed E-state index contributed by atoms with van der Waals surface area (Å²) in [6, 6.07) is 12.6. The number of benzene rings is 2. The minimum Gasteiger partial charge on any atom is -0.340 e. The summed E-state index contributed by atoms with van der Waals surface area (Å²) >= 11 is 0. The number of carbonyl (C=O) groups excluding carboxylic acids is 2. The summed E-state index contributed by atoms with van der Waals surface area (Å²) in [5.74, 6) is -0.823. The van der Waals surface area contributed by atoms with Crippen LogP contribution in [0, 0.1) is 11.7 Å². The van der Waals surface area contributed by atoms with Crippen LogP contribution in [-0.4, -0.2) is 62.2 Å². The molecule has 0 unspecified atom stereocenters. The van der Waals surface area contributed by atoms with Gasteiger partial charge in [-0.3, -0.25) is 9.59 Å². The van der Waals surface area contributed by atoms with Gasteiger partial charge in [-0.05, 0) is 48.2 Å². The third-order valence-corrected chi connectivity index (χ3v) is 8.76. The Morgan fingerprint density at radius 2 is 1.71 bits per heavy atom. The van der Waals surface area contributed by atoms with Crippen molar-refractivity contribution in [2.45, 2.75) is 37.5 Å². The van der Waals surface area contributed by atoms with Crippen LogP contribution < -0.4 is 4.90 Å². The number of halogens is 1. The average molecular weight is 488 g/mol. The van der Waals surface area contributed by atoms with Crippen LogP contribution in [0.2, 0.25) is 0 Å². The van der Waals surface area contributed by atoms with Gasteiger partial charge in [0.1, 0.15) is 5.82 Å². The average Bonchev–Trinajstić information content (AvgIpc) is 3.24. The zero-order valence-electron chi connectivity index (χ0n) is 19.5. The second-order valence-corrected chi connectivity index (χ2v) is 10.9. The number of piperazine rings is 1. The van der Waals surface area contributed by atoms with E-state index in [1.54, 1.807) is 9.80 Å². The molecule has 7 nitrogen and oxygen atoms in total. The number of carbonyl (C=O) groups is 2. The number of para-hydroxylation sites is 1. The van der Waals surface area contributed by atoms with Gasteiger partial charge in [0.25, 0.3) is 0 Å². The van der Waals surface area contributed by atoms with Gasteiger partial charge in [0, 0.05) is 44.8 Å². The minimum absolute atomic E-state index is 0.0330. The molecule has 2 saturated heterocycles. The van der Waals surface area contributed by atoms with E-state index in [9.17, 15) is 22.4 Å². The molecule has 0 aromatic heterocycles. The molecule has 2 atom stereocenters. The first-order valence-electron chi connectivity index (χ1n) is 11.7. The van der Waals surface area contributed by atoms with Crippen molar-refractivity contribution in [3.63, 3.8) is 0 Å². The highest BCUT2D eigenvalue weighted by molar-refractivity contribution is 7.89. The fraction of sp³-hybridized carbons (Fsp3) is 0.440. The van der Waals surface area contributed by atoms with Crippen molar-refractivity contribution in [1.29, 1.82) is 0 Å². The van der Waals surface area contributed by atoms with E-state index in [4.69, 9.17) is 0 Å². The van der Waals surface area contributed by atoms with Crippen LogP contribution in [-0.2, 0) is 19.6 Å². The maximum atomic E-state index is 13.2. The SMILES string of the molecule is CC[C@H](C)c1ccccc1N1C[C@@H](C(=O)N2CCN(S(=O)(=O)c3ccc(F)cc3)CC2)CC1=O. The number of rotatable bonds is 6. The van der Waals surface area contributed by atoms with Crippen molar-refractivity contribution in [2.75, 3.05) is 37.6 Å². The predicted molar refractivity (Wildman–Crippen MR) is 127 cm³/mol. The lowest BCUT2D eigenvalue weighted by molar-refractivity contribution is -0.136. The second kappa shape index (κ2) is 9.84. The Bertz CT molecular complexity index is 1160. The van der Waals surface area contributed by atoms with Crippen LogP contribution >= 0.6 is 0 Å². The number of amides is 2. The molecule has 2 fully saturated rings. The number of nitrogens with zero attached hydrogens (tertiary/aromatic N) is 3. The fourth-order valence-electron chi connectivity index (χ4n) is 4.64. The first-order chi connectivity index (χ1) is 16.2. The molecule has 2 aromatic rings. The molecule has 4 rings (SSSR count). The quantitative estimate of drug-likeness (QED) is 0.627. The fourth-order valence-corrected chi connectivity index (χ4v) is 6.06. The Hall–Kier alpha value is -2.78. The van der Waals surface area contributed by atoms with Gasteiger partial charge < -0.3 is 9.80 Å². The standard InChI is InChI=1S/C25H30FN3O4S/c1-3-18(2)22-6-4-5-7-23(22)29-17-19(16-24(29)30)25(31)27-12-14-28(15-13-27)34(32,33)21-10-8-20(26)9-11-21/h4-11,18-19H,3,12-17H2,1-2H3/t18-,19-/m0/s1. The van der Waals surface area contributed by atoms with E-state index in [0.717, 1.165) is 29.8 Å². The smallest absolute Gasteiger partial charge is 0.243 e. The Morgan fingerprint density at radius 3 is 2.35 bits per heavy atom. The lowest BCUT2D eigenvalue weighted by Crippen LogP contribution is -2.52. The molecule has 2 aromatic carbocycles. The van der Waals surface area contributed by atoms with Gasteiger partial charge in [-0.1, -0.05) is 32.0 Å². The van der Waals surface area contributed by atoms with Crippen molar-refractivity contribution in [3.8, 4) is 0 Å². The van der Waals surface area contributed by atoms with Gasteiger partial charge in [-0.2, -0.15) is 4.31 Å². The normalized spacial score (nSPS) is 20.6. The summed E-state index contributed by atoms with van der Waals surface area (Å²) in [5, 5.41) is 0. The van der Waals surface area contributed by atoms with E-state index in [-0.39, 0.29) is 49.3 Å². The van der Waals surface area contributed by atoms with Gasteiger partial charge in [0.05, 0.1) is 10.8 Å². The molecule has 0 saturated carbocycles.